The topological polar surface area (TPSA) is 89.0 Å². The van der Waals surface area contributed by atoms with Gasteiger partial charge in [0, 0.05) is 38.2 Å². The minimum Gasteiger partial charge on any atom is -0.507 e. The van der Waals surface area contributed by atoms with Crippen molar-refractivity contribution in [2.75, 3.05) is 20.3 Å². The molecule has 35 heavy (non-hydrogen) atoms. The largest absolute Gasteiger partial charge is 0.507 e. The minimum atomic E-state index is -0.707. The molecule has 1 unspecified atom stereocenters. The quantitative estimate of drug-likeness (QED) is 0.215. The molecule has 0 aliphatic carbocycles. The van der Waals surface area contributed by atoms with Gasteiger partial charge in [-0.1, -0.05) is 29.8 Å². The number of aryl methyl sites for hydroxylation is 1. The number of carbonyl (C=O) groups is 2. The molecule has 0 spiro atoms. The fourth-order valence-electron chi connectivity index (χ4n) is 4.22. The first-order valence-corrected chi connectivity index (χ1v) is 11.5. The molecule has 1 fully saturated rings. The maximum Gasteiger partial charge on any atom is 0.295 e. The summed E-state index contributed by atoms with van der Waals surface area (Å²) in [5, 5.41) is 11.2. The molecule has 1 aliphatic rings. The van der Waals surface area contributed by atoms with Crippen molar-refractivity contribution in [3.8, 4) is 5.75 Å². The van der Waals surface area contributed by atoms with Crippen LogP contribution in [0.25, 0.3) is 5.76 Å². The highest BCUT2D eigenvalue weighted by Crippen LogP contribution is 2.39. The molecule has 0 saturated carbocycles. The molecule has 0 bridgehead atoms. The second kappa shape index (κ2) is 11.0. The first-order valence-electron chi connectivity index (χ1n) is 11.5. The van der Waals surface area contributed by atoms with E-state index in [1.807, 2.05) is 25.1 Å². The summed E-state index contributed by atoms with van der Waals surface area (Å²) in [5.41, 5.74) is 3.42. The summed E-state index contributed by atoms with van der Waals surface area (Å²) in [6.07, 6.45) is 3.77. The van der Waals surface area contributed by atoms with Gasteiger partial charge in [0.15, 0.2) is 0 Å². The van der Waals surface area contributed by atoms with Gasteiger partial charge in [0.1, 0.15) is 18.1 Å². The van der Waals surface area contributed by atoms with Gasteiger partial charge in [-0.05, 0) is 60.9 Å². The van der Waals surface area contributed by atoms with E-state index in [-0.39, 0.29) is 11.3 Å². The van der Waals surface area contributed by atoms with Crippen molar-refractivity contribution < 1.29 is 24.2 Å². The molecule has 2 aromatic carbocycles. The molecule has 4 rings (SSSR count). The van der Waals surface area contributed by atoms with Gasteiger partial charge in [-0.25, -0.2) is 0 Å². The van der Waals surface area contributed by atoms with Crippen molar-refractivity contribution in [1.29, 1.82) is 0 Å². The average molecular weight is 473 g/mol. The summed E-state index contributed by atoms with van der Waals surface area (Å²) in [6, 6.07) is 17.7. The Labute approximate surface area is 204 Å². The number of pyridine rings is 1. The van der Waals surface area contributed by atoms with E-state index >= 15 is 0 Å². The number of aliphatic hydroxyl groups excluding tert-OH is 1. The van der Waals surface area contributed by atoms with Gasteiger partial charge in [0.2, 0.25) is 0 Å². The Morgan fingerprint density at radius 1 is 1.06 bits per heavy atom. The molecular weight excluding hydrogens is 444 g/mol. The Hall–Kier alpha value is -3.97. The third-order valence-electron chi connectivity index (χ3n) is 5.93. The normalized spacial score (nSPS) is 17.1. The lowest BCUT2D eigenvalue weighted by Crippen LogP contribution is -2.31. The van der Waals surface area contributed by atoms with Crippen LogP contribution in [0.2, 0.25) is 0 Å². The Morgan fingerprint density at radius 3 is 2.49 bits per heavy atom. The van der Waals surface area contributed by atoms with E-state index in [1.165, 1.54) is 4.90 Å². The number of Topliss-reactive ketones (excluding diaryl/α,β-unsaturated/α-hetero) is 1. The summed E-state index contributed by atoms with van der Waals surface area (Å²) in [4.78, 5) is 31.4. The van der Waals surface area contributed by atoms with Crippen LogP contribution in [0.15, 0.2) is 78.6 Å². The number of amides is 1. The number of carbonyl (C=O) groups excluding carboxylic acids is 2. The molecule has 7 nitrogen and oxygen atoms in total. The van der Waals surface area contributed by atoms with Crippen LogP contribution in [-0.2, 0) is 20.9 Å². The van der Waals surface area contributed by atoms with E-state index in [2.05, 4.69) is 11.1 Å². The number of hydrogen-bond acceptors (Lipinski definition) is 6. The SMILES string of the molecule is COCCCN1C(=O)C(=O)/C(=C(\O)c2ccc(OCc3cccc(C)c3)cc2)C1c1ccncc1. The maximum absolute atomic E-state index is 13.0. The first kappa shape index (κ1) is 24.2. The number of aliphatic hydroxyl groups is 1. The Morgan fingerprint density at radius 2 is 1.80 bits per heavy atom. The van der Waals surface area contributed by atoms with Crippen LogP contribution >= 0.6 is 0 Å². The lowest BCUT2D eigenvalue weighted by molar-refractivity contribution is -0.140. The number of benzene rings is 2. The average Bonchev–Trinajstić information content (AvgIpc) is 3.13. The monoisotopic (exact) mass is 472 g/mol. The van der Waals surface area contributed by atoms with E-state index in [0.29, 0.717) is 43.1 Å². The fourth-order valence-corrected chi connectivity index (χ4v) is 4.22. The van der Waals surface area contributed by atoms with Crippen molar-refractivity contribution in [3.63, 3.8) is 0 Å². The highest BCUT2D eigenvalue weighted by Gasteiger charge is 2.45. The zero-order valence-corrected chi connectivity index (χ0v) is 19.8. The predicted molar refractivity (Wildman–Crippen MR) is 132 cm³/mol. The molecule has 1 aliphatic heterocycles. The van der Waals surface area contributed by atoms with E-state index in [4.69, 9.17) is 9.47 Å². The van der Waals surface area contributed by atoms with E-state index < -0.39 is 17.7 Å². The van der Waals surface area contributed by atoms with Crippen molar-refractivity contribution in [2.24, 2.45) is 0 Å². The molecule has 180 valence electrons. The smallest absolute Gasteiger partial charge is 0.295 e. The fraction of sp³-hybridized carbons (Fsp3) is 0.250. The number of nitrogens with zero attached hydrogens (tertiary/aromatic N) is 2. The van der Waals surface area contributed by atoms with Crippen molar-refractivity contribution in [2.45, 2.75) is 26.0 Å². The van der Waals surface area contributed by atoms with Gasteiger partial charge in [-0.2, -0.15) is 0 Å². The molecule has 1 amide bonds. The van der Waals surface area contributed by atoms with Gasteiger partial charge in [-0.15, -0.1) is 0 Å². The summed E-state index contributed by atoms with van der Waals surface area (Å²) in [5.74, 6) is -0.928. The molecule has 2 heterocycles. The number of rotatable bonds is 9. The molecule has 1 saturated heterocycles. The zero-order chi connectivity index (χ0) is 24.8. The van der Waals surface area contributed by atoms with Gasteiger partial charge >= 0.3 is 0 Å². The molecule has 3 aromatic rings. The number of likely N-dealkylation sites (tertiary alicyclic amines) is 1. The standard InChI is InChI=1S/C28H28N2O5/c1-19-5-3-6-20(17-19)18-35-23-9-7-22(8-10-23)26(31)24-25(21-11-13-29-14-12-21)30(15-4-16-34-2)28(33)27(24)32/h3,5-14,17,25,31H,4,15-16,18H2,1-2H3/b26-24-. The predicted octanol–water partition coefficient (Wildman–Crippen LogP) is 4.43. The number of hydrogen-bond donors (Lipinski definition) is 1. The number of methoxy groups -OCH3 is 1. The Bertz CT molecular complexity index is 1220. The van der Waals surface area contributed by atoms with Gasteiger partial charge < -0.3 is 19.5 Å². The Kier molecular flexibility index (Phi) is 7.57. The lowest BCUT2D eigenvalue weighted by atomic mass is 9.96. The van der Waals surface area contributed by atoms with Crippen molar-refractivity contribution >= 4 is 17.4 Å². The summed E-state index contributed by atoms with van der Waals surface area (Å²) < 4.78 is 11.0. The molecular formula is C28H28N2O5. The van der Waals surface area contributed by atoms with E-state index in [9.17, 15) is 14.7 Å². The lowest BCUT2D eigenvalue weighted by Gasteiger charge is -2.25. The number of aromatic nitrogens is 1. The molecule has 1 N–H and O–H groups in total. The van der Waals surface area contributed by atoms with Crippen molar-refractivity contribution in [3.05, 3.63) is 101 Å². The summed E-state index contributed by atoms with van der Waals surface area (Å²) in [7, 11) is 1.59. The minimum absolute atomic E-state index is 0.0621. The second-order valence-corrected chi connectivity index (χ2v) is 8.42. The first-order chi connectivity index (χ1) is 17.0. The van der Waals surface area contributed by atoms with Crippen LogP contribution in [0, 0.1) is 6.92 Å². The van der Waals surface area contributed by atoms with Gasteiger partial charge in [0.05, 0.1) is 11.6 Å². The van der Waals surface area contributed by atoms with Crippen LogP contribution < -0.4 is 4.74 Å². The van der Waals surface area contributed by atoms with Crippen LogP contribution in [-0.4, -0.2) is 46.9 Å². The Balaban J connectivity index is 1.61. The molecule has 1 aromatic heterocycles. The summed E-state index contributed by atoms with van der Waals surface area (Å²) >= 11 is 0. The highest BCUT2D eigenvalue weighted by atomic mass is 16.5. The highest BCUT2D eigenvalue weighted by molar-refractivity contribution is 6.46. The zero-order valence-electron chi connectivity index (χ0n) is 19.8. The van der Waals surface area contributed by atoms with E-state index in [0.717, 1.165) is 11.1 Å². The van der Waals surface area contributed by atoms with Gasteiger partial charge in [-0.3, -0.25) is 14.6 Å². The third kappa shape index (κ3) is 5.41. The third-order valence-corrected chi connectivity index (χ3v) is 5.93. The van der Waals surface area contributed by atoms with Crippen LogP contribution in [0.5, 0.6) is 5.75 Å². The maximum atomic E-state index is 13.0. The van der Waals surface area contributed by atoms with Crippen LogP contribution in [0.3, 0.4) is 0 Å². The second-order valence-electron chi connectivity index (χ2n) is 8.42. The van der Waals surface area contributed by atoms with E-state index in [1.54, 1.807) is 55.9 Å². The molecule has 0 radical (unpaired) electrons. The van der Waals surface area contributed by atoms with Gasteiger partial charge in [0.25, 0.3) is 11.7 Å². The van der Waals surface area contributed by atoms with Crippen molar-refractivity contribution in [1.82, 2.24) is 9.88 Å². The van der Waals surface area contributed by atoms with Crippen LogP contribution in [0.4, 0.5) is 0 Å². The molecule has 1 atom stereocenters. The molecule has 7 heteroatoms. The number of ketones is 1. The number of ether oxygens (including phenoxy) is 2. The van der Waals surface area contributed by atoms with Crippen LogP contribution in [0.1, 0.15) is 34.7 Å². The summed E-state index contributed by atoms with van der Waals surface area (Å²) in [6.45, 7) is 3.23.